The number of benzene rings is 1. The molecule has 1 aromatic rings. The fraction of sp³-hybridized carbons (Fsp3) is 0.222. The van der Waals surface area contributed by atoms with E-state index in [9.17, 15) is 14.3 Å². The van der Waals surface area contributed by atoms with E-state index in [1.54, 1.807) is 6.92 Å². The van der Waals surface area contributed by atoms with Gasteiger partial charge in [0.15, 0.2) is 0 Å². The van der Waals surface area contributed by atoms with Crippen LogP contribution < -0.4 is 5.30 Å². The van der Waals surface area contributed by atoms with Crippen molar-refractivity contribution in [1.82, 2.24) is 0 Å². The molecule has 0 saturated heterocycles. The van der Waals surface area contributed by atoms with Gasteiger partial charge in [-0.1, -0.05) is 13.0 Å². The van der Waals surface area contributed by atoms with Crippen molar-refractivity contribution >= 4 is 18.6 Å². The first-order valence-electron chi connectivity index (χ1n) is 4.13. The largest absolute Gasteiger partial charge is 0.478 e. The molecule has 1 aromatic carbocycles. The lowest BCUT2D eigenvalue weighted by Crippen LogP contribution is -2.09. The average Bonchev–Trinajstić information content (AvgIpc) is 2.18. The Bertz CT molecular complexity index is 400. The molecular weight excluding hydrogens is 203 g/mol. The first-order valence-corrected chi connectivity index (χ1v) is 5.97. The molecule has 5 heteroatoms. The molecule has 0 radical (unpaired) electrons. The second-order valence-corrected chi connectivity index (χ2v) is 5.43. The topological polar surface area (TPSA) is 74.6 Å². The maximum Gasteiger partial charge on any atom is 0.335 e. The molecule has 0 saturated carbocycles. The highest BCUT2D eigenvalue weighted by Gasteiger charge is 2.19. The Kier molecular flexibility index (Phi) is 3.09. The van der Waals surface area contributed by atoms with Gasteiger partial charge in [-0.05, 0) is 18.2 Å². The molecule has 0 spiro atoms. The summed E-state index contributed by atoms with van der Waals surface area (Å²) in [5, 5.41) is 8.87. The lowest BCUT2D eigenvalue weighted by Gasteiger charge is -2.08. The number of carboxylic acid groups (broad SMARTS) is 1. The molecule has 0 bridgehead atoms. The molecule has 1 unspecified atom stereocenters. The Morgan fingerprint density at radius 2 is 2.14 bits per heavy atom. The molecule has 0 fully saturated rings. The van der Waals surface area contributed by atoms with Crippen molar-refractivity contribution in [2.75, 3.05) is 6.16 Å². The summed E-state index contributed by atoms with van der Waals surface area (Å²) in [6.07, 6.45) is 0.107. The Morgan fingerprint density at radius 3 is 2.64 bits per heavy atom. The minimum atomic E-state index is -3.36. The van der Waals surface area contributed by atoms with Crippen LogP contribution in [0.5, 0.6) is 0 Å². The zero-order chi connectivity index (χ0) is 10.8. The second kappa shape index (κ2) is 3.95. The van der Waals surface area contributed by atoms with Crippen LogP contribution in [0.15, 0.2) is 24.3 Å². The van der Waals surface area contributed by atoms with E-state index in [4.69, 9.17) is 5.11 Å². The lowest BCUT2D eigenvalue weighted by atomic mass is 10.2. The van der Waals surface area contributed by atoms with E-state index in [0.717, 1.165) is 0 Å². The minimum Gasteiger partial charge on any atom is -0.478 e. The molecule has 0 aliphatic carbocycles. The Morgan fingerprint density at radius 1 is 1.50 bits per heavy atom. The quantitative estimate of drug-likeness (QED) is 0.743. The first-order chi connectivity index (χ1) is 6.47. The Labute approximate surface area is 81.7 Å². The average molecular weight is 214 g/mol. The van der Waals surface area contributed by atoms with Crippen LogP contribution >= 0.6 is 7.37 Å². The summed E-state index contributed by atoms with van der Waals surface area (Å²) in [6, 6.07) is 5.57. The first kappa shape index (κ1) is 11.0. The van der Waals surface area contributed by atoms with Gasteiger partial charge in [-0.15, -0.1) is 0 Å². The van der Waals surface area contributed by atoms with Crippen molar-refractivity contribution in [1.29, 1.82) is 0 Å². The highest BCUT2D eigenvalue weighted by atomic mass is 31.2. The zero-order valence-corrected chi connectivity index (χ0v) is 8.57. The second-order valence-electron chi connectivity index (χ2n) is 2.87. The van der Waals surface area contributed by atoms with Crippen molar-refractivity contribution in [3.05, 3.63) is 29.8 Å². The highest BCUT2D eigenvalue weighted by Crippen LogP contribution is 2.38. The summed E-state index contributed by atoms with van der Waals surface area (Å²) < 4.78 is 11.5. The summed E-state index contributed by atoms with van der Waals surface area (Å²) in [4.78, 5) is 20.1. The monoisotopic (exact) mass is 214 g/mol. The van der Waals surface area contributed by atoms with E-state index in [1.807, 2.05) is 0 Å². The van der Waals surface area contributed by atoms with Gasteiger partial charge in [-0.2, -0.15) is 0 Å². The lowest BCUT2D eigenvalue weighted by molar-refractivity contribution is 0.0697. The van der Waals surface area contributed by atoms with Crippen molar-refractivity contribution in [2.45, 2.75) is 6.92 Å². The van der Waals surface area contributed by atoms with Crippen molar-refractivity contribution in [3.63, 3.8) is 0 Å². The van der Waals surface area contributed by atoms with Crippen LogP contribution in [0.4, 0.5) is 0 Å². The van der Waals surface area contributed by atoms with Crippen molar-refractivity contribution < 1.29 is 19.4 Å². The predicted molar refractivity (Wildman–Crippen MR) is 53.4 cm³/mol. The van der Waals surface area contributed by atoms with Crippen molar-refractivity contribution in [3.8, 4) is 0 Å². The molecule has 76 valence electrons. The molecule has 0 amide bonds. The molecule has 1 rings (SSSR count). The summed E-state index contributed by atoms with van der Waals surface area (Å²) >= 11 is 0. The molecule has 0 heterocycles. The van der Waals surface area contributed by atoms with Gasteiger partial charge in [-0.25, -0.2) is 4.79 Å². The molecule has 14 heavy (non-hydrogen) atoms. The number of hydrogen-bond donors (Lipinski definition) is 2. The van der Waals surface area contributed by atoms with Crippen LogP contribution in [0.3, 0.4) is 0 Å². The van der Waals surface area contributed by atoms with E-state index in [2.05, 4.69) is 0 Å². The molecule has 4 nitrogen and oxygen atoms in total. The van der Waals surface area contributed by atoms with E-state index in [-0.39, 0.29) is 17.0 Å². The van der Waals surface area contributed by atoms with Crippen LogP contribution in [0.25, 0.3) is 0 Å². The van der Waals surface area contributed by atoms with E-state index < -0.39 is 13.3 Å². The molecule has 1 atom stereocenters. The number of carbonyl (C=O) groups is 1. The fourth-order valence-electron chi connectivity index (χ4n) is 1.04. The summed E-state index contributed by atoms with van der Waals surface area (Å²) in [7, 11) is -3.36. The zero-order valence-electron chi connectivity index (χ0n) is 7.67. The van der Waals surface area contributed by atoms with Gasteiger partial charge >= 0.3 is 5.97 Å². The van der Waals surface area contributed by atoms with Gasteiger partial charge in [0.05, 0.1) is 5.56 Å². The van der Waals surface area contributed by atoms with E-state index >= 15 is 0 Å². The van der Waals surface area contributed by atoms with Gasteiger partial charge in [-0.3, -0.25) is 4.57 Å². The highest BCUT2D eigenvalue weighted by molar-refractivity contribution is 7.66. The van der Waals surface area contributed by atoms with Gasteiger partial charge in [0, 0.05) is 11.5 Å². The fourth-order valence-corrected chi connectivity index (χ4v) is 2.06. The molecular formula is C9H11O4P. The van der Waals surface area contributed by atoms with Gasteiger partial charge < -0.3 is 10.00 Å². The summed E-state index contributed by atoms with van der Waals surface area (Å²) in [5.74, 6) is -1.09. The van der Waals surface area contributed by atoms with Crippen LogP contribution in [0.1, 0.15) is 17.3 Å². The van der Waals surface area contributed by atoms with Crippen LogP contribution in [-0.2, 0) is 4.57 Å². The molecule has 2 N–H and O–H groups in total. The third-order valence-corrected chi connectivity index (χ3v) is 3.87. The Balaban J connectivity index is 3.19. The van der Waals surface area contributed by atoms with Gasteiger partial charge in [0.2, 0.25) is 7.37 Å². The van der Waals surface area contributed by atoms with Crippen LogP contribution in [0, 0.1) is 0 Å². The van der Waals surface area contributed by atoms with Gasteiger partial charge in [0.1, 0.15) is 0 Å². The van der Waals surface area contributed by atoms with Crippen LogP contribution in [-0.4, -0.2) is 22.1 Å². The third kappa shape index (κ3) is 2.22. The maximum absolute atomic E-state index is 11.5. The molecule has 0 aliphatic rings. The predicted octanol–water partition coefficient (Wildman–Crippen LogP) is 1.30. The number of rotatable bonds is 3. The van der Waals surface area contributed by atoms with Crippen LogP contribution in [0.2, 0.25) is 0 Å². The standard InChI is InChI=1S/C9H11O4P/c1-2-14(12,13)8-5-3-4-7(6-8)9(10)11/h3-6H,2H2,1H3,(H,10,11)(H,12,13). The SMILES string of the molecule is CCP(=O)(O)c1cccc(C(=O)O)c1. The van der Waals surface area contributed by atoms with Crippen molar-refractivity contribution in [2.24, 2.45) is 0 Å². The summed E-state index contributed by atoms with van der Waals surface area (Å²) in [6.45, 7) is 1.59. The number of hydrogen-bond acceptors (Lipinski definition) is 2. The molecule has 0 aliphatic heterocycles. The number of aromatic carboxylic acids is 1. The normalized spacial score (nSPS) is 14.7. The van der Waals surface area contributed by atoms with E-state index in [0.29, 0.717) is 0 Å². The van der Waals surface area contributed by atoms with Gasteiger partial charge in [0.25, 0.3) is 0 Å². The number of carboxylic acids is 1. The van der Waals surface area contributed by atoms with E-state index in [1.165, 1.54) is 24.3 Å². The Hall–Kier alpha value is -1.12. The maximum atomic E-state index is 11.5. The molecule has 0 aromatic heterocycles. The minimum absolute atomic E-state index is 0.0326. The third-order valence-electron chi connectivity index (χ3n) is 1.93. The smallest absolute Gasteiger partial charge is 0.335 e. The summed E-state index contributed by atoms with van der Waals surface area (Å²) in [5.41, 5.74) is 0.0326.